The summed E-state index contributed by atoms with van der Waals surface area (Å²) in [5.41, 5.74) is 4.97. The Morgan fingerprint density at radius 2 is 1.92 bits per heavy atom. The zero-order valence-electron chi connectivity index (χ0n) is 14.8. The molecule has 0 aliphatic rings. The zero-order chi connectivity index (χ0) is 18.4. The van der Waals surface area contributed by atoms with Crippen LogP contribution in [0.2, 0.25) is 0 Å². The fraction of sp³-hybridized carbons (Fsp3) is 0.136. The van der Waals surface area contributed by atoms with Crippen molar-refractivity contribution in [2.24, 2.45) is 0 Å². The maximum Gasteiger partial charge on any atom is 0.133 e. The molecule has 132 valence electrons. The number of pyridine rings is 1. The summed E-state index contributed by atoms with van der Waals surface area (Å²) in [6, 6.07) is 17.1. The summed E-state index contributed by atoms with van der Waals surface area (Å²) in [4.78, 5) is 4.34. The van der Waals surface area contributed by atoms with Gasteiger partial charge in [-0.3, -0.25) is 0 Å². The van der Waals surface area contributed by atoms with Crippen LogP contribution in [0.15, 0.2) is 67.4 Å². The second-order valence-electron chi connectivity index (χ2n) is 5.97. The molecule has 3 nitrogen and oxygen atoms in total. The van der Waals surface area contributed by atoms with Crippen LogP contribution in [0.3, 0.4) is 0 Å². The van der Waals surface area contributed by atoms with E-state index in [2.05, 4.69) is 40.4 Å². The molecule has 26 heavy (non-hydrogen) atoms. The second kappa shape index (κ2) is 8.41. The molecule has 0 radical (unpaired) electrons. The first-order valence-electron chi connectivity index (χ1n) is 8.55. The first-order valence-corrected chi connectivity index (χ1v) is 8.55. The van der Waals surface area contributed by atoms with Gasteiger partial charge in [0.2, 0.25) is 0 Å². The van der Waals surface area contributed by atoms with E-state index in [-0.39, 0.29) is 5.82 Å². The van der Waals surface area contributed by atoms with E-state index < -0.39 is 0 Å². The molecule has 2 aromatic carbocycles. The average Bonchev–Trinajstić information content (AvgIpc) is 2.69. The SMILES string of the molecule is C=Cc1c(-c2cccc(CNCc3ccccc3F)c2)ccnc1NC. The van der Waals surface area contributed by atoms with E-state index in [1.165, 1.54) is 6.07 Å². The van der Waals surface area contributed by atoms with Gasteiger partial charge in [-0.2, -0.15) is 0 Å². The number of nitrogens with zero attached hydrogens (tertiary/aromatic N) is 1. The Labute approximate surface area is 153 Å². The molecule has 0 fully saturated rings. The van der Waals surface area contributed by atoms with Gasteiger partial charge in [-0.05, 0) is 34.9 Å². The van der Waals surface area contributed by atoms with E-state index in [1.807, 2.05) is 31.3 Å². The number of benzene rings is 2. The van der Waals surface area contributed by atoms with Gasteiger partial charge in [-0.15, -0.1) is 0 Å². The number of halogens is 1. The average molecular weight is 347 g/mol. The molecule has 1 aromatic heterocycles. The number of hydrogen-bond donors (Lipinski definition) is 2. The largest absolute Gasteiger partial charge is 0.373 e. The highest BCUT2D eigenvalue weighted by molar-refractivity contribution is 5.80. The Morgan fingerprint density at radius 1 is 1.08 bits per heavy atom. The van der Waals surface area contributed by atoms with E-state index in [0.717, 1.165) is 28.1 Å². The Morgan fingerprint density at radius 3 is 2.69 bits per heavy atom. The van der Waals surface area contributed by atoms with Crippen molar-refractivity contribution in [3.63, 3.8) is 0 Å². The minimum atomic E-state index is -0.180. The van der Waals surface area contributed by atoms with E-state index in [0.29, 0.717) is 18.7 Å². The Kier molecular flexibility index (Phi) is 5.77. The van der Waals surface area contributed by atoms with E-state index in [1.54, 1.807) is 18.3 Å². The molecule has 0 amide bonds. The predicted octanol–water partition coefficient (Wildman–Crippen LogP) is 4.86. The van der Waals surface area contributed by atoms with Crippen molar-refractivity contribution in [3.05, 3.63) is 89.9 Å². The summed E-state index contributed by atoms with van der Waals surface area (Å²) in [5, 5.41) is 6.40. The second-order valence-corrected chi connectivity index (χ2v) is 5.97. The first kappa shape index (κ1) is 17.8. The first-order chi connectivity index (χ1) is 12.7. The van der Waals surface area contributed by atoms with Gasteiger partial charge >= 0.3 is 0 Å². The molecule has 0 aliphatic carbocycles. The van der Waals surface area contributed by atoms with Gasteiger partial charge in [-0.1, -0.05) is 49.1 Å². The van der Waals surface area contributed by atoms with Crippen molar-refractivity contribution in [3.8, 4) is 11.1 Å². The lowest BCUT2D eigenvalue weighted by molar-refractivity contribution is 0.588. The predicted molar refractivity (Wildman–Crippen MR) is 106 cm³/mol. The molecule has 3 rings (SSSR count). The highest BCUT2D eigenvalue weighted by Crippen LogP contribution is 2.29. The van der Waals surface area contributed by atoms with E-state index in [9.17, 15) is 4.39 Å². The number of anilines is 1. The molecular formula is C22H22FN3. The van der Waals surface area contributed by atoms with Crippen LogP contribution in [0.1, 0.15) is 16.7 Å². The molecule has 0 saturated heterocycles. The number of aromatic nitrogens is 1. The minimum absolute atomic E-state index is 0.180. The normalized spacial score (nSPS) is 10.5. The molecule has 0 atom stereocenters. The van der Waals surface area contributed by atoms with Gasteiger partial charge in [0.15, 0.2) is 0 Å². The molecular weight excluding hydrogens is 325 g/mol. The van der Waals surface area contributed by atoms with Crippen molar-refractivity contribution in [2.75, 3.05) is 12.4 Å². The lowest BCUT2D eigenvalue weighted by atomic mass is 9.99. The summed E-state index contributed by atoms with van der Waals surface area (Å²) in [7, 11) is 1.85. The van der Waals surface area contributed by atoms with Gasteiger partial charge in [0, 0.05) is 37.5 Å². The van der Waals surface area contributed by atoms with Gasteiger partial charge in [0.05, 0.1) is 0 Å². The van der Waals surface area contributed by atoms with Crippen LogP contribution in [0.4, 0.5) is 10.2 Å². The van der Waals surface area contributed by atoms with Crippen molar-refractivity contribution in [2.45, 2.75) is 13.1 Å². The van der Waals surface area contributed by atoms with Crippen molar-refractivity contribution in [1.29, 1.82) is 0 Å². The van der Waals surface area contributed by atoms with Crippen LogP contribution in [-0.2, 0) is 13.1 Å². The number of hydrogen-bond acceptors (Lipinski definition) is 3. The van der Waals surface area contributed by atoms with Gasteiger partial charge in [0.25, 0.3) is 0 Å². The monoisotopic (exact) mass is 347 g/mol. The van der Waals surface area contributed by atoms with E-state index >= 15 is 0 Å². The van der Waals surface area contributed by atoms with Crippen LogP contribution in [0, 0.1) is 5.82 Å². The lowest BCUT2D eigenvalue weighted by Crippen LogP contribution is -2.13. The molecule has 0 unspecified atom stereocenters. The van der Waals surface area contributed by atoms with Gasteiger partial charge in [0.1, 0.15) is 11.6 Å². The minimum Gasteiger partial charge on any atom is -0.373 e. The fourth-order valence-electron chi connectivity index (χ4n) is 2.96. The maximum atomic E-state index is 13.7. The Hall–Kier alpha value is -2.98. The fourth-order valence-corrected chi connectivity index (χ4v) is 2.96. The van der Waals surface area contributed by atoms with Gasteiger partial charge < -0.3 is 10.6 Å². The van der Waals surface area contributed by atoms with Crippen LogP contribution < -0.4 is 10.6 Å². The molecule has 0 bridgehead atoms. The van der Waals surface area contributed by atoms with Gasteiger partial charge in [-0.25, -0.2) is 9.37 Å². The molecule has 4 heteroatoms. The Bertz CT molecular complexity index is 905. The topological polar surface area (TPSA) is 37.0 Å². The summed E-state index contributed by atoms with van der Waals surface area (Å²) in [6.07, 6.45) is 3.61. The summed E-state index contributed by atoms with van der Waals surface area (Å²) in [6.45, 7) is 5.07. The summed E-state index contributed by atoms with van der Waals surface area (Å²) < 4.78 is 13.7. The van der Waals surface area contributed by atoms with Crippen LogP contribution in [0.5, 0.6) is 0 Å². The molecule has 2 N–H and O–H groups in total. The highest BCUT2D eigenvalue weighted by Gasteiger charge is 2.08. The lowest BCUT2D eigenvalue weighted by Gasteiger charge is -2.12. The summed E-state index contributed by atoms with van der Waals surface area (Å²) in [5.74, 6) is 0.626. The Balaban J connectivity index is 1.77. The third-order valence-electron chi connectivity index (χ3n) is 4.27. The van der Waals surface area contributed by atoms with Crippen molar-refractivity contribution in [1.82, 2.24) is 10.3 Å². The maximum absolute atomic E-state index is 13.7. The van der Waals surface area contributed by atoms with Crippen LogP contribution >= 0.6 is 0 Å². The number of rotatable bonds is 7. The smallest absolute Gasteiger partial charge is 0.133 e. The zero-order valence-corrected chi connectivity index (χ0v) is 14.8. The third kappa shape index (κ3) is 3.98. The van der Waals surface area contributed by atoms with Crippen molar-refractivity contribution >= 4 is 11.9 Å². The van der Waals surface area contributed by atoms with E-state index in [4.69, 9.17) is 0 Å². The molecule has 1 heterocycles. The molecule has 0 saturated carbocycles. The summed E-state index contributed by atoms with van der Waals surface area (Å²) >= 11 is 0. The molecule has 0 aliphatic heterocycles. The molecule has 0 spiro atoms. The quantitative estimate of drug-likeness (QED) is 0.641. The standard InChI is InChI=1S/C22H22FN3/c1-3-19-20(11-12-26-22(19)24-2)17-9-6-7-16(13-17)14-25-15-18-8-4-5-10-21(18)23/h3-13,25H,1,14-15H2,2H3,(H,24,26). The third-order valence-corrected chi connectivity index (χ3v) is 4.27. The highest BCUT2D eigenvalue weighted by atomic mass is 19.1. The van der Waals surface area contributed by atoms with Crippen LogP contribution in [-0.4, -0.2) is 12.0 Å². The molecule has 3 aromatic rings. The van der Waals surface area contributed by atoms with Crippen molar-refractivity contribution < 1.29 is 4.39 Å². The van der Waals surface area contributed by atoms with Crippen LogP contribution in [0.25, 0.3) is 17.2 Å². The number of nitrogens with one attached hydrogen (secondary N) is 2.